The van der Waals surface area contributed by atoms with Crippen molar-refractivity contribution in [2.45, 2.75) is 45.7 Å². The molecular formula is C19H25N3O3. The highest BCUT2D eigenvalue weighted by atomic mass is 16.2. The van der Waals surface area contributed by atoms with Crippen LogP contribution in [0.15, 0.2) is 24.3 Å². The summed E-state index contributed by atoms with van der Waals surface area (Å²) in [6.07, 6.45) is 2.74. The molecule has 2 aliphatic rings. The molecule has 1 aliphatic heterocycles. The molecule has 0 bridgehead atoms. The highest BCUT2D eigenvalue weighted by Crippen LogP contribution is 2.30. The fraction of sp³-hybridized carbons (Fsp3) is 0.526. The van der Waals surface area contributed by atoms with E-state index in [4.69, 9.17) is 0 Å². The van der Waals surface area contributed by atoms with E-state index in [1.807, 2.05) is 38.1 Å². The largest absolute Gasteiger partial charge is 0.337 e. The van der Waals surface area contributed by atoms with E-state index < -0.39 is 0 Å². The van der Waals surface area contributed by atoms with Gasteiger partial charge >= 0.3 is 6.03 Å². The standard InChI is InChI=1S/C19H25N3O3/c1-3-10-20(11-15-6-4-14(2)5-7-15)17(23)12-22-18(24)13-21(19(22)25)16-8-9-16/h4-7,16H,3,8-13H2,1-2H3. The van der Waals surface area contributed by atoms with Gasteiger partial charge in [0.2, 0.25) is 5.91 Å². The minimum Gasteiger partial charge on any atom is -0.337 e. The van der Waals surface area contributed by atoms with E-state index in [2.05, 4.69) is 0 Å². The summed E-state index contributed by atoms with van der Waals surface area (Å²) in [5.74, 6) is -0.446. The predicted molar refractivity (Wildman–Crippen MR) is 93.7 cm³/mol. The number of hydrogen-bond acceptors (Lipinski definition) is 3. The molecule has 4 amide bonds. The summed E-state index contributed by atoms with van der Waals surface area (Å²) in [6.45, 7) is 5.09. The first kappa shape index (κ1) is 17.5. The fourth-order valence-corrected chi connectivity index (χ4v) is 3.10. The summed E-state index contributed by atoms with van der Waals surface area (Å²) in [7, 11) is 0. The first-order chi connectivity index (χ1) is 12.0. The van der Waals surface area contributed by atoms with Crippen LogP contribution in [0.2, 0.25) is 0 Å². The molecule has 0 spiro atoms. The van der Waals surface area contributed by atoms with Crippen LogP contribution >= 0.6 is 0 Å². The number of carbonyl (C=O) groups excluding carboxylic acids is 3. The van der Waals surface area contributed by atoms with Gasteiger partial charge in [0.25, 0.3) is 5.91 Å². The molecule has 25 heavy (non-hydrogen) atoms. The predicted octanol–water partition coefficient (Wildman–Crippen LogP) is 2.16. The molecule has 1 aromatic carbocycles. The van der Waals surface area contributed by atoms with Crippen LogP contribution in [0, 0.1) is 6.92 Å². The lowest BCUT2D eigenvalue weighted by atomic mass is 10.1. The second-order valence-electron chi connectivity index (χ2n) is 6.92. The van der Waals surface area contributed by atoms with E-state index in [-0.39, 0.29) is 37.0 Å². The second kappa shape index (κ2) is 7.25. The van der Waals surface area contributed by atoms with Gasteiger partial charge in [-0.2, -0.15) is 0 Å². The summed E-state index contributed by atoms with van der Waals surface area (Å²) in [5.41, 5.74) is 2.22. The monoisotopic (exact) mass is 343 g/mol. The van der Waals surface area contributed by atoms with Crippen molar-refractivity contribution in [3.63, 3.8) is 0 Å². The molecule has 1 saturated heterocycles. The number of carbonyl (C=O) groups is 3. The third kappa shape index (κ3) is 4.00. The minimum absolute atomic E-state index is 0.114. The maximum Gasteiger partial charge on any atom is 0.327 e. The van der Waals surface area contributed by atoms with Gasteiger partial charge in [0.1, 0.15) is 13.1 Å². The Balaban J connectivity index is 1.65. The Kier molecular flexibility index (Phi) is 5.06. The molecule has 1 saturated carbocycles. The first-order valence-corrected chi connectivity index (χ1v) is 8.94. The van der Waals surface area contributed by atoms with Crippen molar-refractivity contribution in [2.75, 3.05) is 19.6 Å². The van der Waals surface area contributed by atoms with E-state index in [1.54, 1.807) is 9.80 Å². The van der Waals surface area contributed by atoms with Crippen LogP contribution in [-0.4, -0.2) is 58.2 Å². The van der Waals surface area contributed by atoms with Crippen molar-refractivity contribution in [1.29, 1.82) is 0 Å². The van der Waals surface area contributed by atoms with Gasteiger partial charge in [-0.25, -0.2) is 4.79 Å². The smallest absolute Gasteiger partial charge is 0.327 e. The summed E-state index contributed by atoms with van der Waals surface area (Å²) in [6, 6.07) is 7.93. The topological polar surface area (TPSA) is 60.9 Å². The van der Waals surface area contributed by atoms with Gasteiger partial charge in [0.15, 0.2) is 0 Å². The van der Waals surface area contributed by atoms with Crippen molar-refractivity contribution < 1.29 is 14.4 Å². The normalized spacial score (nSPS) is 17.4. The quantitative estimate of drug-likeness (QED) is 0.713. The molecule has 6 nitrogen and oxygen atoms in total. The highest BCUT2D eigenvalue weighted by molar-refractivity contribution is 6.04. The molecule has 0 N–H and O–H groups in total. The molecule has 0 aromatic heterocycles. The van der Waals surface area contributed by atoms with Gasteiger partial charge in [0.05, 0.1) is 0 Å². The zero-order chi connectivity index (χ0) is 18.0. The minimum atomic E-state index is -0.312. The van der Waals surface area contributed by atoms with Crippen LogP contribution in [0.1, 0.15) is 37.3 Å². The molecule has 3 rings (SSSR count). The number of aryl methyl sites for hydroxylation is 1. The number of rotatable bonds is 7. The Bertz CT molecular complexity index is 667. The molecule has 1 heterocycles. The number of hydrogen-bond donors (Lipinski definition) is 0. The third-order valence-corrected chi connectivity index (χ3v) is 4.70. The van der Waals surface area contributed by atoms with Gasteiger partial charge in [-0.05, 0) is 31.7 Å². The molecule has 6 heteroatoms. The van der Waals surface area contributed by atoms with Crippen LogP contribution in [0.4, 0.5) is 4.79 Å². The highest BCUT2D eigenvalue weighted by Gasteiger charge is 2.44. The summed E-state index contributed by atoms with van der Waals surface area (Å²) < 4.78 is 0. The van der Waals surface area contributed by atoms with Crippen molar-refractivity contribution in [3.8, 4) is 0 Å². The molecule has 134 valence electrons. The van der Waals surface area contributed by atoms with Gasteiger partial charge in [-0.3, -0.25) is 14.5 Å². The van der Waals surface area contributed by atoms with Crippen molar-refractivity contribution >= 4 is 17.8 Å². The second-order valence-corrected chi connectivity index (χ2v) is 6.92. The maximum atomic E-state index is 12.7. The molecule has 2 fully saturated rings. The molecule has 1 aromatic rings. The first-order valence-electron chi connectivity index (χ1n) is 8.94. The van der Waals surface area contributed by atoms with Gasteiger partial charge in [-0.1, -0.05) is 36.8 Å². The van der Waals surface area contributed by atoms with E-state index in [9.17, 15) is 14.4 Å². The average molecular weight is 343 g/mol. The Hall–Kier alpha value is -2.37. The van der Waals surface area contributed by atoms with Gasteiger partial charge in [0, 0.05) is 19.1 Å². The van der Waals surface area contributed by atoms with Crippen LogP contribution in [0.3, 0.4) is 0 Å². The molecule has 0 unspecified atom stereocenters. The Labute approximate surface area is 148 Å². The van der Waals surface area contributed by atoms with E-state index in [1.165, 1.54) is 5.56 Å². The lowest BCUT2D eigenvalue weighted by Crippen LogP contribution is -2.43. The average Bonchev–Trinajstić information content (AvgIpc) is 3.39. The fourth-order valence-electron chi connectivity index (χ4n) is 3.10. The van der Waals surface area contributed by atoms with Crippen LogP contribution in [-0.2, 0) is 16.1 Å². The Morgan fingerprint density at radius 2 is 1.88 bits per heavy atom. The SMILES string of the molecule is CCCN(Cc1ccc(C)cc1)C(=O)CN1C(=O)CN(C2CC2)C1=O. The molecule has 0 radical (unpaired) electrons. The number of benzene rings is 1. The zero-order valence-electron chi connectivity index (χ0n) is 14.9. The lowest BCUT2D eigenvalue weighted by molar-refractivity contribution is -0.137. The van der Waals surface area contributed by atoms with Crippen molar-refractivity contribution in [2.24, 2.45) is 0 Å². The molecule has 0 atom stereocenters. The van der Waals surface area contributed by atoms with Crippen LogP contribution < -0.4 is 0 Å². The number of urea groups is 1. The van der Waals surface area contributed by atoms with E-state index >= 15 is 0 Å². The zero-order valence-corrected chi connectivity index (χ0v) is 14.9. The van der Waals surface area contributed by atoms with Crippen molar-refractivity contribution in [3.05, 3.63) is 35.4 Å². The Morgan fingerprint density at radius 1 is 1.20 bits per heavy atom. The number of amides is 4. The lowest BCUT2D eigenvalue weighted by Gasteiger charge is -2.25. The third-order valence-electron chi connectivity index (χ3n) is 4.70. The summed E-state index contributed by atoms with van der Waals surface area (Å²) >= 11 is 0. The molecular weight excluding hydrogens is 318 g/mol. The van der Waals surface area contributed by atoms with Gasteiger partial charge in [-0.15, -0.1) is 0 Å². The Morgan fingerprint density at radius 3 is 2.48 bits per heavy atom. The number of nitrogens with zero attached hydrogens (tertiary/aromatic N) is 3. The van der Waals surface area contributed by atoms with Crippen LogP contribution in [0.5, 0.6) is 0 Å². The summed E-state index contributed by atoms with van der Waals surface area (Å²) in [5, 5.41) is 0. The molecule has 1 aliphatic carbocycles. The van der Waals surface area contributed by atoms with E-state index in [0.29, 0.717) is 13.1 Å². The van der Waals surface area contributed by atoms with Crippen molar-refractivity contribution in [1.82, 2.24) is 14.7 Å². The van der Waals surface area contributed by atoms with Crippen LogP contribution in [0.25, 0.3) is 0 Å². The number of imide groups is 1. The summed E-state index contributed by atoms with van der Waals surface area (Å²) in [4.78, 5) is 41.6. The van der Waals surface area contributed by atoms with E-state index in [0.717, 1.165) is 29.7 Å². The maximum absolute atomic E-state index is 12.7. The van der Waals surface area contributed by atoms with Gasteiger partial charge < -0.3 is 9.80 Å².